The Morgan fingerprint density at radius 1 is 1.08 bits per heavy atom. The molecule has 5 rings (SSSR count). The number of carbonyl (C=O) groups excluding carboxylic acids is 5. The predicted octanol–water partition coefficient (Wildman–Crippen LogP) is 0.546. The third kappa shape index (κ3) is 3.47. The van der Waals surface area contributed by atoms with Crippen LogP contribution in [-0.4, -0.2) is 74.9 Å². The molecule has 3 aliphatic carbocycles. The normalized spacial score (nSPS) is 30.6. The van der Waals surface area contributed by atoms with Crippen LogP contribution < -0.4 is 5.73 Å². The summed E-state index contributed by atoms with van der Waals surface area (Å²) >= 11 is 0. The zero-order chi connectivity index (χ0) is 27.8. The lowest BCUT2D eigenvalue weighted by Gasteiger charge is -2.52. The molecule has 0 spiro atoms. The zero-order valence-electron chi connectivity index (χ0n) is 21.5. The van der Waals surface area contributed by atoms with Crippen molar-refractivity contribution in [2.75, 3.05) is 14.1 Å². The van der Waals surface area contributed by atoms with Gasteiger partial charge in [-0.25, -0.2) is 0 Å². The van der Waals surface area contributed by atoms with Crippen molar-refractivity contribution in [3.05, 3.63) is 46.8 Å². The Labute approximate surface area is 218 Å². The van der Waals surface area contributed by atoms with Crippen LogP contribution in [0.2, 0.25) is 0 Å². The molecule has 38 heavy (non-hydrogen) atoms. The van der Waals surface area contributed by atoms with Gasteiger partial charge in [-0.2, -0.15) is 0 Å². The minimum Gasteiger partial charge on any atom is -0.507 e. The first-order valence-electron chi connectivity index (χ1n) is 12.4. The number of rotatable bonds is 3. The van der Waals surface area contributed by atoms with Crippen LogP contribution in [0.5, 0.6) is 5.75 Å². The highest BCUT2D eigenvalue weighted by atomic mass is 16.3. The van der Waals surface area contributed by atoms with Crippen molar-refractivity contribution >= 4 is 29.0 Å². The lowest BCUT2D eigenvalue weighted by atomic mass is 9.52. The van der Waals surface area contributed by atoms with Gasteiger partial charge in [-0.15, -0.1) is 0 Å². The third-order valence-electron chi connectivity index (χ3n) is 8.34. The van der Waals surface area contributed by atoms with Crippen molar-refractivity contribution < 1.29 is 34.2 Å². The second-order valence-corrected chi connectivity index (χ2v) is 10.9. The van der Waals surface area contributed by atoms with Crippen LogP contribution in [-0.2, 0) is 25.6 Å². The number of likely N-dealkylation sites (N-methyl/N-ethyl adjacent to an activating group) is 1. The van der Waals surface area contributed by atoms with E-state index in [0.717, 1.165) is 17.0 Å². The average Bonchev–Trinajstić information content (AvgIpc) is 2.80. The van der Waals surface area contributed by atoms with E-state index in [1.54, 1.807) is 20.2 Å². The average molecular weight is 520 g/mol. The fourth-order valence-electron chi connectivity index (χ4n) is 6.87. The smallest absolute Gasteiger partial charge is 0.235 e. The van der Waals surface area contributed by atoms with Crippen LogP contribution in [0.3, 0.4) is 0 Å². The van der Waals surface area contributed by atoms with Crippen molar-refractivity contribution in [1.82, 2.24) is 9.88 Å². The number of phenolic OH excluding ortho intramolecular Hbond substituents is 1. The van der Waals surface area contributed by atoms with Crippen LogP contribution in [0.15, 0.2) is 24.3 Å². The number of ketones is 4. The van der Waals surface area contributed by atoms with E-state index in [2.05, 4.69) is 4.98 Å². The number of hydrogen-bond donors (Lipinski definition) is 3. The first-order chi connectivity index (χ1) is 17.8. The second-order valence-electron chi connectivity index (χ2n) is 10.9. The number of hydrogen-bond acceptors (Lipinski definition) is 9. The van der Waals surface area contributed by atoms with Gasteiger partial charge in [0.05, 0.1) is 17.5 Å². The molecular weight excluding hydrogens is 490 g/mol. The maximum atomic E-state index is 13.9. The molecule has 1 aromatic carbocycles. The first-order valence-corrected chi connectivity index (χ1v) is 12.4. The number of carbonyl (C=O) groups is 5. The molecule has 6 atom stereocenters. The van der Waals surface area contributed by atoms with Crippen LogP contribution in [0.1, 0.15) is 33.7 Å². The summed E-state index contributed by atoms with van der Waals surface area (Å²) in [5.74, 6) is -10.6. The van der Waals surface area contributed by atoms with Crippen molar-refractivity contribution in [3.8, 4) is 16.9 Å². The molecule has 3 aliphatic rings. The van der Waals surface area contributed by atoms with Gasteiger partial charge in [0.1, 0.15) is 5.75 Å². The van der Waals surface area contributed by atoms with Gasteiger partial charge in [0.2, 0.25) is 5.91 Å². The van der Waals surface area contributed by atoms with Gasteiger partial charge in [0.15, 0.2) is 34.7 Å². The highest BCUT2D eigenvalue weighted by Crippen LogP contribution is 2.51. The summed E-state index contributed by atoms with van der Waals surface area (Å²) < 4.78 is 0. The van der Waals surface area contributed by atoms with E-state index >= 15 is 0 Å². The number of benzene rings is 1. The van der Waals surface area contributed by atoms with Gasteiger partial charge < -0.3 is 15.9 Å². The molecule has 2 saturated carbocycles. The fraction of sp³-hybridized carbons (Fsp3) is 0.429. The minimum atomic E-state index is -2.73. The number of primary amides is 1. The predicted molar refractivity (Wildman–Crippen MR) is 134 cm³/mol. The molecule has 1 aromatic heterocycles. The lowest BCUT2D eigenvalue weighted by molar-refractivity contribution is -0.181. The minimum absolute atomic E-state index is 0.00733. The number of pyridine rings is 1. The largest absolute Gasteiger partial charge is 0.507 e. The van der Waals surface area contributed by atoms with E-state index in [0.29, 0.717) is 11.1 Å². The summed E-state index contributed by atoms with van der Waals surface area (Å²) in [5, 5.41) is 22.4. The molecule has 10 heteroatoms. The van der Waals surface area contributed by atoms with E-state index in [-0.39, 0.29) is 24.2 Å². The SMILES string of the molecule is Cc1cc(-c2ccc(O)c3c2C[C@H]2C[C@H]4C(N(C)C)C(=O)C(C(N)=O)C(=O)[C@]4(O)C(=O)C2C3=O)cc(C)n1. The number of aromatic hydroxyl groups is 1. The Bertz CT molecular complexity index is 1430. The van der Waals surface area contributed by atoms with E-state index < -0.39 is 64.4 Å². The maximum Gasteiger partial charge on any atom is 0.235 e. The third-order valence-corrected chi connectivity index (χ3v) is 8.34. The highest BCUT2D eigenvalue weighted by molar-refractivity contribution is 6.32. The number of nitrogens with two attached hydrogens (primary N) is 1. The summed E-state index contributed by atoms with van der Waals surface area (Å²) in [4.78, 5) is 72.2. The molecule has 0 saturated heterocycles. The standard InChI is InChI=1S/C28H29N3O7/c1-11-7-13(8-12(2)30-11)15-5-6-18(32)20-16(15)9-14-10-17-22(31(3)4)24(34)21(27(29)37)26(36)28(17,38)25(35)19(14)23(20)33/h5-8,14,17,19,21-22,32,38H,9-10H2,1-4H3,(H2,29,37)/t14-,17-,19?,21?,22?,28+/m0/s1. The summed E-state index contributed by atoms with van der Waals surface area (Å²) in [6, 6.07) is 5.70. The monoisotopic (exact) mass is 519 g/mol. The molecule has 10 nitrogen and oxygen atoms in total. The van der Waals surface area contributed by atoms with Gasteiger partial charge in [-0.1, -0.05) is 6.07 Å². The van der Waals surface area contributed by atoms with E-state index in [9.17, 15) is 34.2 Å². The highest BCUT2D eigenvalue weighted by Gasteiger charge is 2.69. The number of amides is 1. The van der Waals surface area contributed by atoms with Crippen molar-refractivity contribution in [1.29, 1.82) is 0 Å². The van der Waals surface area contributed by atoms with Gasteiger partial charge in [-0.05, 0) is 81.6 Å². The maximum absolute atomic E-state index is 13.9. The van der Waals surface area contributed by atoms with Gasteiger partial charge in [0, 0.05) is 17.3 Å². The van der Waals surface area contributed by atoms with Crippen molar-refractivity contribution in [2.45, 2.75) is 38.3 Å². The number of fused-ring (bicyclic) bond motifs is 3. The summed E-state index contributed by atoms with van der Waals surface area (Å²) in [5.41, 5.74) is 6.20. The van der Waals surface area contributed by atoms with Crippen molar-refractivity contribution in [2.24, 2.45) is 29.4 Å². The number of Topliss-reactive ketones (excluding diaryl/α,β-unsaturated/α-hetero) is 4. The number of aromatic nitrogens is 1. The Morgan fingerprint density at radius 2 is 1.71 bits per heavy atom. The fourth-order valence-corrected chi connectivity index (χ4v) is 6.87. The first kappa shape index (κ1) is 25.9. The van der Waals surface area contributed by atoms with Crippen LogP contribution in [0, 0.1) is 37.5 Å². The molecule has 3 unspecified atom stereocenters. The Morgan fingerprint density at radius 3 is 2.29 bits per heavy atom. The van der Waals surface area contributed by atoms with E-state index in [1.165, 1.54) is 11.0 Å². The number of aliphatic hydroxyl groups is 1. The molecule has 1 heterocycles. The molecule has 4 N–H and O–H groups in total. The van der Waals surface area contributed by atoms with Crippen molar-refractivity contribution in [3.63, 3.8) is 0 Å². The van der Waals surface area contributed by atoms with Crippen LogP contribution in [0.4, 0.5) is 0 Å². The number of aryl methyl sites for hydroxylation is 2. The van der Waals surface area contributed by atoms with E-state index in [4.69, 9.17) is 5.73 Å². The Kier molecular flexibility index (Phi) is 5.88. The Hall–Kier alpha value is -3.76. The molecule has 0 aliphatic heterocycles. The van der Waals surface area contributed by atoms with E-state index in [1.807, 2.05) is 26.0 Å². The molecule has 0 bridgehead atoms. The summed E-state index contributed by atoms with van der Waals surface area (Å²) in [6.45, 7) is 3.70. The van der Waals surface area contributed by atoms with Gasteiger partial charge in [-0.3, -0.25) is 33.9 Å². The zero-order valence-corrected chi connectivity index (χ0v) is 21.5. The van der Waals surface area contributed by atoms with Crippen LogP contribution in [0.25, 0.3) is 11.1 Å². The quantitative estimate of drug-likeness (QED) is 0.490. The molecule has 1 amide bonds. The van der Waals surface area contributed by atoms with Crippen LogP contribution >= 0.6 is 0 Å². The lowest BCUT2D eigenvalue weighted by Crippen LogP contribution is -2.74. The summed E-state index contributed by atoms with van der Waals surface area (Å²) in [7, 11) is 3.11. The molecule has 0 radical (unpaired) electrons. The molecule has 2 aromatic rings. The number of nitrogens with zero attached hydrogens (tertiary/aromatic N) is 2. The topological polar surface area (TPSA) is 168 Å². The van der Waals surface area contributed by atoms with Gasteiger partial charge >= 0.3 is 0 Å². The summed E-state index contributed by atoms with van der Waals surface area (Å²) in [6.07, 6.45) is 0.212. The molecular formula is C28H29N3O7. The second kappa shape index (κ2) is 8.64. The Balaban J connectivity index is 1.67. The molecule has 2 fully saturated rings. The molecule has 198 valence electrons. The number of phenols is 1. The van der Waals surface area contributed by atoms with Gasteiger partial charge in [0.25, 0.3) is 0 Å².